The number of fused-ring (bicyclic) bond motifs is 1. The topological polar surface area (TPSA) is 103 Å². The van der Waals surface area contributed by atoms with Crippen molar-refractivity contribution < 1.29 is 23.6 Å². The first-order valence-corrected chi connectivity index (χ1v) is 10.1. The number of benzene rings is 1. The Morgan fingerprint density at radius 3 is 2.69 bits per heavy atom. The predicted octanol–water partition coefficient (Wildman–Crippen LogP) is 3.31. The van der Waals surface area contributed by atoms with E-state index in [9.17, 15) is 14.4 Å². The van der Waals surface area contributed by atoms with E-state index >= 15 is 0 Å². The Hall–Kier alpha value is -3.03. The number of aromatic nitrogens is 2. The van der Waals surface area contributed by atoms with Gasteiger partial charge >= 0.3 is 5.97 Å². The van der Waals surface area contributed by atoms with Gasteiger partial charge in [0.25, 0.3) is 17.7 Å². The Morgan fingerprint density at radius 2 is 1.93 bits per heavy atom. The van der Waals surface area contributed by atoms with Gasteiger partial charge in [0.05, 0.1) is 16.7 Å². The standard InChI is InChI=1S/C21H23N3O5/c1-2-6-17-22-18(29-23-17)12-28-21(27)13-9-10-15-16(11-13)20(26)24(19(15)25)14-7-4-3-5-8-14/h9-11,14H,2-8,12H2,1H3. The maximum atomic E-state index is 12.8. The van der Waals surface area contributed by atoms with E-state index in [2.05, 4.69) is 10.1 Å². The molecule has 2 aliphatic rings. The van der Waals surface area contributed by atoms with Gasteiger partial charge in [-0.25, -0.2) is 4.79 Å². The number of esters is 1. The van der Waals surface area contributed by atoms with Crippen LogP contribution in [0.25, 0.3) is 0 Å². The molecular weight excluding hydrogens is 374 g/mol. The molecule has 1 saturated carbocycles. The van der Waals surface area contributed by atoms with E-state index in [0.29, 0.717) is 17.8 Å². The van der Waals surface area contributed by atoms with Gasteiger partial charge in [0.2, 0.25) is 0 Å². The van der Waals surface area contributed by atoms with Crippen LogP contribution < -0.4 is 0 Å². The number of hydrogen-bond acceptors (Lipinski definition) is 7. The molecule has 0 bridgehead atoms. The summed E-state index contributed by atoms with van der Waals surface area (Å²) in [7, 11) is 0. The fourth-order valence-corrected chi connectivity index (χ4v) is 3.94. The Balaban J connectivity index is 1.45. The average Bonchev–Trinajstić information content (AvgIpc) is 3.29. The first-order valence-electron chi connectivity index (χ1n) is 10.1. The molecule has 0 spiro atoms. The van der Waals surface area contributed by atoms with Crippen LogP contribution in [-0.2, 0) is 17.8 Å². The summed E-state index contributed by atoms with van der Waals surface area (Å²) >= 11 is 0. The maximum absolute atomic E-state index is 12.8. The van der Waals surface area contributed by atoms with Crippen molar-refractivity contribution >= 4 is 17.8 Å². The molecule has 1 aliphatic heterocycles. The zero-order valence-electron chi connectivity index (χ0n) is 16.3. The number of carbonyl (C=O) groups is 3. The fourth-order valence-electron chi connectivity index (χ4n) is 3.94. The third kappa shape index (κ3) is 3.79. The van der Waals surface area contributed by atoms with E-state index in [4.69, 9.17) is 9.26 Å². The molecule has 8 heteroatoms. The van der Waals surface area contributed by atoms with Crippen molar-refractivity contribution in [2.24, 2.45) is 0 Å². The molecule has 0 saturated heterocycles. The summed E-state index contributed by atoms with van der Waals surface area (Å²) in [6, 6.07) is 4.42. The molecule has 2 heterocycles. The number of hydrogen-bond donors (Lipinski definition) is 0. The average molecular weight is 397 g/mol. The number of nitrogens with zero attached hydrogens (tertiary/aromatic N) is 3. The number of imide groups is 1. The monoisotopic (exact) mass is 397 g/mol. The van der Waals surface area contributed by atoms with Gasteiger partial charge in [-0.05, 0) is 37.5 Å². The lowest BCUT2D eigenvalue weighted by molar-refractivity contribution is 0.0429. The molecule has 0 unspecified atom stereocenters. The lowest BCUT2D eigenvalue weighted by atomic mass is 9.94. The second-order valence-electron chi connectivity index (χ2n) is 7.46. The van der Waals surface area contributed by atoms with Crippen molar-refractivity contribution in [1.82, 2.24) is 15.0 Å². The van der Waals surface area contributed by atoms with Crippen molar-refractivity contribution in [1.29, 1.82) is 0 Å². The minimum absolute atomic E-state index is 0.0543. The van der Waals surface area contributed by atoms with E-state index in [1.165, 1.54) is 23.1 Å². The van der Waals surface area contributed by atoms with Gasteiger partial charge < -0.3 is 9.26 Å². The Labute approximate surface area is 168 Å². The van der Waals surface area contributed by atoms with E-state index in [-0.39, 0.29) is 41.5 Å². The van der Waals surface area contributed by atoms with Gasteiger partial charge in [-0.2, -0.15) is 4.98 Å². The second kappa shape index (κ2) is 8.14. The van der Waals surface area contributed by atoms with Gasteiger partial charge in [-0.15, -0.1) is 0 Å². The molecule has 0 atom stereocenters. The number of carbonyl (C=O) groups excluding carboxylic acids is 3. The number of rotatable bonds is 6. The highest BCUT2D eigenvalue weighted by Crippen LogP contribution is 2.31. The van der Waals surface area contributed by atoms with Crippen molar-refractivity contribution in [3.8, 4) is 0 Å². The molecule has 29 heavy (non-hydrogen) atoms. The van der Waals surface area contributed by atoms with Crippen LogP contribution in [-0.4, -0.2) is 38.9 Å². The third-order valence-corrected chi connectivity index (χ3v) is 5.40. The first kappa shape index (κ1) is 19.3. The van der Waals surface area contributed by atoms with Crippen LogP contribution in [0.1, 0.15) is 88.2 Å². The Bertz CT molecular complexity index is 946. The van der Waals surface area contributed by atoms with Crippen molar-refractivity contribution in [3.63, 3.8) is 0 Å². The van der Waals surface area contributed by atoms with Crippen molar-refractivity contribution in [2.45, 2.75) is 64.5 Å². The highest BCUT2D eigenvalue weighted by Gasteiger charge is 2.40. The predicted molar refractivity (Wildman–Crippen MR) is 101 cm³/mol. The Morgan fingerprint density at radius 1 is 1.17 bits per heavy atom. The minimum Gasteiger partial charge on any atom is -0.452 e. The molecule has 4 rings (SSSR count). The molecule has 0 radical (unpaired) electrons. The van der Waals surface area contributed by atoms with Crippen LogP contribution in [0.3, 0.4) is 0 Å². The van der Waals surface area contributed by atoms with Gasteiger partial charge in [0.1, 0.15) is 0 Å². The number of aryl methyl sites for hydroxylation is 1. The van der Waals surface area contributed by atoms with E-state index < -0.39 is 5.97 Å². The summed E-state index contributed by atoms with van der Waals surface area (Å²) in [4.78, 5) is 43.5. The molecule has 1 aliphatic carbocycles. The first-order chi connectivity index (χ1) is 14.1. The maximum Gasteiger partial charge on any atom is 0.338 e. The minimum atomic E-state index is -0.612. The summed E-state index contributed by atoms with van der Waals surface area (Å²) in [5, 5.41) is 3.81. The molecule has 152 valence electrons. The van der Waals surface area contributed by atoms with Gasteiger partial charge in [0, 0.05) is 12.5 Å². The summed E-state index contributed by atoms with van der Waals surface area (Å²) < 4.78 is 10.3. The largest absolute Gasteiger partial charge is 0.452 e. The number of amides is 2. The lowest BCUT2D eigenvalue weighted by Gasteiger charge is -2.29. The zero-order chi connectivity index (χ0) is 20.4. The molecule has 1 aromatic carbocycles. The molecule has 1 aromatic heterocycles. The third-order valence-electron chi connectivity index (χ3n) is 5.40. The molecule has 2 aromatic rings. The van der Waals surface area contributed by atoms with Crippen molar-refractivity contribution in [2.75, 3.05) is 0 Å². The summed E-state index contributed by atoms with van der Waals surface area (Å²) in [6.07, 6.45) is 6.43. The van der Waals surface area contributed by atoms with Gasteiger partial charge in [-0.1, -0.05) is 31.3 Å². The Kier molecular flexibility index (Phi) is 5.42. The van der Waals surface area contributed by atoms with E-state index in [1.807, 2.05) is 6.92 Å². The van der Waals surface area contributed by atoms with Crippen LogP contribution in [0.5, 0.6) is 0 Å². The molecular formula is C21H23N3O5. The second-order valence-corrected chi connectivity index (χ2v) is 7.46. The summed E-state index contributed by atoms with van der Waals surface area (Å²) in [5.41, 5.74) is 0.819. The zero-order valence-corrected chi connectivity index (χ0v) is 16.3. The molecule has 2 amide bonds. The molecule has 8 nitrogen and oxygen atoms in total. The SMILES string of the molecule is CCCc1noc(COC(=O)c2ccc3c(c2)C(=O)N(C2CCCCC2)C3=O)n1. The summed E-state index contributed by atoms with van der Waals surface area (Å²) in [5.74, 6) is -0.418. The van der Waals surface area contributed by atoms with Crippen molar-refractivity contribution in [3.05, 3.63) is 46.6 Å². The smallest absolute Gasteiger partial charge is 0.338 e. The van der Waals surface area contributed by atoms with Crippen LogP contribution in [0.2, 0.25) is 0 Å². The lowest BCUT2D eigenvalue weighted by Crippen LogP contribution is -2.40. The summed E-state index contributed by atoms with van der Waals surface area (Å²) in [6.45, 7) is 1.86. The van der Waals surface area contributed by atoms with E-state index in [0.717, 1.165) is 38.5 Å². The van der Waals surface area contributed by atoms with Crippen LogP contribution in [0.15, 0.2) is 22.7 Å². The highest BCUT2D eigenvalue weighted by atomic mass is 16.6. The van der Waals surface area contributed by atoms with Crippen LogP contribution in [0.4, 0.5) is 0 Å². The normalized spacial score (nSPS) is 16.9. The van der Waals surface area contributed by atoms with Crippen LogP contribution in [0, 0.1) is 0 Å². The van der Waals surface area contributed by atoms with Gasteiger partial charge in [-0.3, -0.25) is 14.5 Å². The molecule has 0 N–H and O–H groups in total. The number of ether oxygens (including phenoxy) is 1. The van der Waals surface area contributed by atoms with Crippen LogP contribution >= 0.6 is 0 Å². The molecule has 1 fully saturated rings. The fraction of sp³-hybridized carbons (Fsp3) is 0.476. The highest BCUT2D eigenvalue weighted by molar-refractivity contribution is 6.22. The quantitative estimate of drug-likeness (QED) is 0.544. The van der Waals surface area contributed by atoms with Gasteiger partial charge in [0.15, 0.2) is 12.4 Å². The van der Waals surface area contributed by atoms with E-state index in [1.54, 1.807) is 0 Å².